The zero-order valence-electron chi connectivity index (χ0n) is 14.6. The van der Waals surface area contributed by atoms with Gasteiger partial charge in [0.25, 0.3) is 0 Å². The van der Waals surface area contributed by atoms with Crippen LogP contribution in [0.3, 0.4) is 0 Å². The summed E-state index contributed by atoms with van der Waals surface area (Å²) in [7, 11) is 0. The van der Waals surface area contributed by atoms with Gasteiger partial charge in [-0.25, -0.2) is 4.98 Å². The monoisotopic (exact) mass is 320 g/mol. The molecule has 0 fully saturated rings. The lowest BCUT2D eigenvalue weighted by Crippen LogP contribution is -2.22. The van der Waals surface area contributed by atoms with Gasteiger partial charge >= 0.3 is 0 Å². The Morgan fingerprint density at radius 2 is 1.62 bits per heavy atom. The molecule has 0 N–H and O–H groups in total. The average molecular weight is 320 g/mol. The summed E-state index contributed by atoms with van der Waals surface area (Å²) in [5, 5.41) is 0. The second-order valence-corrected chi connectivity index (χ2v) is 6.13. The van der Waals surface area contributed by atoms with Crippen LogP contribution in [-0.2, 0) is 13.1 Å². The SMILES string of the molecule is CCN(Cc1ccccc1)Cc1nc(-c2ccccc2C)oc1C. The molecule has 0 unspecified atom stereocenters. The molecule has 0 atom stereocenters. The minimum atomic E-state index is 0.719. The van der Waals surface area contributed by atoms with Gasteiger partial charge in [0.05, 0.1) is 5.69 Å². The molecule has 3 heteroatoms. The highest BCUT2D eigenvalue weighted by atomic mass is 16.4. The van der Waals surface area contributed by atoms with Gasteiger partial charge in [-0.05, 0) is 37.6 Å². The topological polar surface area (TPSA) is 29.3 Å². The number of hydrogen-bond acceptors (Lipinski definition) is 3. The first-order chi connectivity index (χ1) is 11.7. The van der Waals surface area contributed by atoms with Gasteiger partial charge in [-0.3, -0.25) is 4.90 Å². The molecule has 0 aliphatic rings. The molecule has 0 spiro atoms. The highest BCUT2D eigenvalue weighted by Crippen LogP contribution is 2.25. The number of aromatic nitrogens is 1. The molecule has 3 aromatic rings. The van der Waals surface area contributed by atoms with Crippen LogP contribution in [0.4, 0.5) is 0 Å². The van der Waals surface area contributed by atoms with E-state index in [1.54, 1.807) is 0 Å². The van der Waals surface area contributed by atoms with Gasteiger partial charge in [-0.15, -0.1) is 0 Å². The summed E-state index contributed by atoms with van der Waals surface area (Å²) in [5.74, 6) is 1.62. The number of benzene rings is 2. The largest absolute Gasteiger partial charge is 0.441 e. The molecule has 0 saturated heterocycles. The van der Waals surface area contributed by atoms with E-state index in [4.69, 9.17) is 9.40 Å². The maximum absolute atomic E-state index is 5.94. The van der Waals surface area contributed by atoms with Crippen molar-refractivity contribution in [2.24, 2.45) is 0 Å². The number of nitrogens with zero attached hydrogens (tertiary/aromatic N) is 2. The Hall–Kier alpha value is -2.39. The van der Waals surface area contributed by atoms with Crippen molar-refractivity contribution in [1.29, 1.82) is 0 Å². The molecule has 0 amide bonds. The molecule has 0 bridgehead atoms. The lowest BCUT2D eigenvalue weighted by molar-refractivity contribution is 0.267. The van der Waals surface area contributed by atoms with E-state index in [-0.39, 0.29) is 0 Å². The smallest absolute Gasteiger partial charge is 0.226 e. The van der Waals surface area contributed by atoms with Gasteiger partial charge in [-0.2, -0.15) is 0 Å². The Labute approximate surface area is 144 Å². The predicted molar refractivity (Wildman–Crippen MR) is 97.6 cm³/mol. The van der Waals surface area contributed by atoms with Crippen molar-refractivity contribution in [2.75, 3.05) is 6.54 Å². The summed E-state index contributed by atoms with van der Waals surface area (Å²) in [6, 6.07) is 18.8. The van der Waals surface area contributed by atoms with Gasteiger partial charge in [-0.1, -0.05) is 55.5 Å². The van der Waals surface area contributed by atoms with Crippen LogP contribution < -0.4 is 0 Å². The third kappa shape index (κ3) is 3.74. The van der Waals surface area contributed by atoms with Crippen molar-refractivity contribution in [3.63, 3.8) is 0 Å². The van der Waals surface area contributed by atoms with E-state index in [0.29, 0.717) is 0 Å². The molecule has 1 aromatic heterocycles. The van der Waals surface area contributed by atoms with Gasteiger partial charge in [0, 0.05) is 18.7 Å². The highest BCUT2D eigenvalue weighted by Gasteiger charge is 2.15. The Bertz CT molecular complexity index is 793. The zero-order chi connectivity index (χ0) is 16.9. The van der Waals surface area contributed by atoms with Crippen molar-refractivity contribution < 1.29 is 4.42 Å². The fourth-order valence-electron chi connectivity index (χ4n) is 2.84. The molecular formula is C21H24N2O. The van der Waals surface area contributed by atoms with Crippen molar-refractivity contribution in [3.05, 3.63) is 77.2 Å². The summed E-state index contributed by atoms with van der Waals surface area (Å²) in [6.45, 7) is 8.96. The lowest BCUT2D eigenvalue weighted by atomic mass is 10.1. The summed E-state index contributed by atoms with van der Waals surface area (Å²) in [5.41, 5.74) is 4.59. The normalized spacial score (nSPS) is 11.2. The van der Waals surface area contributed by atoms with Crippen LogP contribution in [0, 0.1) is 13.8 Å². The van der Waals surface area contributed by atoms with Crippen molar-refractivity contribution in [2.45, 2.75) is 33.9 Å². The Morgan fingerprint density at radius 3 is 2.33 bits per heavy atom. The molecule has 0 aliphatic heterocycles. The zero-order valence-corrected chi connectivity index (χ0v) is 14.6. The molecule has 0 saturated carbocycles. The van der Waals surface area contributed by atoms with Crippen LogP contribution in [0.15, 0.2) is 59.0 Å². The highest BCUT2D eigenvalue weighted by molar-refractivity contribution is 5.58. The van der Waals surface area contributed by atoms with Crippen LogP contribution in [-0.4, -0.2) is 16.4 Å². The molecule has 3 rings (SSSR count). The molecular weight excluding hydrogens is 296 g/mol. The fourth-order valence-corrected chi connectivity index (χ4v) is 2.84. The fraction of sp³-hybridized carbons (Fsp3) is 0.286. The Kier molecular flexibility index (Phi) is 5.11. The van der Waals surface area contributed by atoms with E-state index in [1.807, 2.05) is 19.1 Å². The molecule has 0 radical (unpaired) electrons. The number of rotatable bonds is 6. The van der Waals surface area contributed by atoms with Gasteiger partial charge < -0.3 is 4.42 Å². The van der Waals surface area contributed by atoms with Crippen molar-refractivity contribution >= 4 is 0 Å². The predicted octanol–water partition coefficient (Wildman–Crippen LogP) is 4.98. The standard InChI is InChI=1S/C21H24N2O/c1-4-23(14-18-11-6-5-7-12-18)15-20-17(3)24-21(22-20)19-13-9-8-10-16(19)2/h5-13H,4,14-15H2,1-3H3. The minimum absolute atomic E-state index is 0.719. The van der Waals surface area contributed by atoms with E-state index in [2.05, 4.69) is 61.2 Å². The molecule has 0 aliphatic carbocycles. The Balaban J connectivity index is 1.78. The number of hydrogen-bond donors (Lipinski definition) is 0. The summed E-state index contributed by atoms with van der Waals surface area (Å²) >= 11 is 0. The third-order valence-electron chi connectivity index (χ3n) is 4.34. The van der Waals surface area contributed by atoms with E-state index < -0.39 is 0 Å². The molecule has 124 valence electrons. The van der Waals surface area contributed by atoms with Crippen LogP contribution in [0.25, 0.3) is 11.5 Å². The maximum atomic E-state index is 5.94. The minimum Gasteiger partial charge on any atom is -0.441 e. The summed E-state index contributed by atoms with van der Waals surface area (Å²) < 4.78 is 5.94. The first-order valence-electron chi connectivity index (χ1n) is 8.46. The molecule has 2 aromatic carbocycles. The lowest BCUT2D eigenvalue weighted by Gasteiger charge is -2.19. The number of aryl methyl sites for hydroxylation is 2. The third-order valence-corrected chi connectivity index (χ3v) is 4.34. The van der Waals surface area contributed by atoms with Gasteiger partial charge in [0.2, 0.25) is 5.89 Å². The summed E-state index contributed by atoms with van der Waals surface area (Å²) in [6.07, 6.45) is 0. The van der Waals surface area contributed by atoms with E-state index in [1.165, 1.54) is 11.1 Å². The maximum Gasteiger partial charge on any atom is 0.226 e. The van der Waals surface area contributed by atoms with Gasteiger partial charge in [0.1, 0.15) is 5.76 Å². The summed E-state index contributed by atoms with van der Waals surface area (Å²) in [4.78, 5) is 7.14. The average Bonchev–Trinajstić information content (AvgIpc) is 2.96. The van der Waals surface area contributed by atoms with Crippen molar-refractivity contribution in [3.8, 4) is 11.5 Å². The first kappa shape index (κ1) is 16.5. The van der Waals surface area contributed by atoms with Crippen molar-refractivity contribution in [1.82, 2.24) is 9.88 Å². The van der Waals surface area contributed by atoms with Crippen LogP contribution >= 0.6 is 0 Å². The first-order valence-corrected chi connectivity index (χ1v) is 8.46. The Morgan fingerprint density at radius 1 is 0.917 bits per heavy atom. The molecule has 1 heterocycles. The van der Waals surface area contributed by atoms with Crippen LogP contribution in [0.1, 0.15) is 29.5 Å². The van der Waals surface area contributed by atoms with Gasteiger partial charge in [0.15, 0.2) is 0 Å². The molecule has 3 nitrogen and oxygen atoms in total. The van der Waals surface area contributed by atoms with Crippen LogP contribution in [0.2, 0.25) is 0 Å². The van der Waals surface area contributed by atoms with E-state index in [9.17, 15) is 0 Å². The second kappa shape index (κ2) is 7.45. The van der Waals surface area contributed by atoms with E-state index in [0.717, 1.165) is 42.5 Å². The molecule has 24 heavy (non-hydrogen) atoms. The van der Waals surface area contributed by atoms with E-state index >= 15 is 0 Å². The van der Waals surface area contributed by atoms with Crippen LogP contribution in [0.5, 0.6) is 0 Å². The number of oxazole rings is 1. The quantitative estimate of drug-likeness (QED) is 0.641. The second-order valence-electron chi connectivity index (χ2n) is 6.13.